The monoisotopic (exact) mass is 273 g/mol. The standard InChI is InChI=1S/C17H38P/c1-8-9-10-11-12-13-14-18(15(2)3,16(4)5)17(6)7/h15-17H,8-14H2,1-7H3/q+1. The van der Waals surface area contributed by atoms with Crippen LogP contribution >= 0.6 is 7.26 Å². The molecule has 0 unspecified atom stereocenters. The molecule has 0 aliphatic carbocycles. The van der Waals surface area contributed by atoms with Crippen molar-refractivity contribution in [1.29, 1.82) is 0 Å². The summed E-state index contributed by atoms with van der Waals surface area (Å²) in [6.45, 7) is 17.2. The van der Waals surface area contributed by atoms with E-state index in [4.69, 9.17) is 0 Å². The topological polar surface area (TPSA) is 0 Å². The number of rotatable bonds is 10. The summed E-state index contributed by atoms with van der Waals surface area (Å²) in [5.41, 5.74) is 2.73. The van der Waals surface area contributed by atoms with Crippen molar-refractivity contribution in [2.45, 2.75) is 104 Å². The van der Waals surface area contributed by atoms with E-state index in [2.05, 4.69) is 48.5 Å². The molecule has 0 aliphatic rings. The Morgan fingerprint density at radius 2 is 1.00 bits per heavy atom. The van der Waals surface area contributed by atoms with Gasteiger partial charge in [-0.05, 0) is 54.4 Å². The second kappa shape index (κ2) is 9.35. The van der Waals surface area contributed by atoms with Crippen molar-refractivity contribution in [3.8, 4) is 0 Å². The third-order valence-electron chi connectivity index (χ3n) is 4.78. The lowest BCUT2D eigenvalue weighted by Crippen LogP contribution is -2.26. The molecule has 0 amide bonds. The molecule has 0 saturated heterocycles. The molecule has 0 aliphatic heterocycles. The summed E-state index contributed by atoms with van der Waals surface area (Å²) < 4.78 is 0. The van der Waals surface area contributed by atoms with Crippen molar-refractivity contribution in [1.82, 2.24) is 0 Å². The predicted octanol–water partition coefficient (Wildman–Crippen LogP) is 6.59. The van der Waals surface area contributed by atoms with Crippen molar-refractivity contribution in [3.05, 3.63) is 0 Å². The molecular weight excluding hydrogens is 235 g/mol. The van der Waals surface area contributed by atoms with Crippen LogP contribution in [-0.4, -0.2) is 23.1 Å². The Morgan fingerprint density at radius 3 is 1.39 bits per heavy atom. The van der Waals surface area contributed by atoms with Gasteiger partial charge >= 0.3 is 0 Å². The lowest BCUT2D eigenvalue weighted by atomic mass is 10.1. The smallest absolute Gasteiger partial charge is 0.0646 e. The minimum atomic E-state index is -0.768. The van der Waals surface area contributed by atoms with Crippen molar-refractivity contribution in [2.24, 2.45) is 0 Å². The lowest BCUT2D eigenvalue weighted by Gasteiger charge is -2.38. The van der Waals surface area contributed by atoms with Crippen LogP contribution in [0, 0.1) is 0 Å². The maximum atomic E-state index is 2.48. The van der Waals surface area contributed by atoms with Gasteiger partial charge in [-0.15, -0.1) is 0 Å². The Morgan fingerprint density at radius 1 is 0.611 bits per heavy atom. The fraction of sp³-hybridized carbons (Fsp3) is 1.00. The molecule has 0 aromatic rings. The molecule has 0 aromatic heterocycles. The zero-order chi connectivity index (χ0) is 14.2. The Labute approximate surface area is 118 Å². The van der Waals surface area contributed by atoms with Gasteiger partial charge in [-0.25, -0.2) is 0 Å². The molecule has 110 valence electrons. The van der Waals surface area contributed by atoms with Crippen LogP contribution in [0.25, 0.3) is 0 Å². The normalized spacial score (nSPS) is 13.0. The molecule has 0 nitrogen and oxygen atoms in total. The van der Waals surface area contributed by atoms with Crippen LogP contribution < -0.4 is 0 Å². The van der Waals surface area contributed by atoms with Crippen LogP contribution in [0.1, 0.15) is 87.0 Å². The van der Waals surface area contributed by atoms with Gasteiger partial charge in [-0.1, -0.05) is 32.6 Å². The molecule has 0 aromatic carbocycles. The van der Waals surface area contributed by atoms with E-state index in [9.17, 15) is 0 Å². The maximum Gasteiger partial charge on any atom is 0.0646 e. The van der Waals surface area contributed by atoms with Gasteiger partial charge in [0.25, 0.3) is 0 Å². The van der Waals surface area contributed by atoms with Gasteiger partial charge < -0.3 is 0 Å². The molecule has 18 heavy (non-hydrogen) atoms. The SMILES string of the molecule is CCCCCCCC[P+](C(C)C)(C(C)C)C(C)C. The molecule has 0 radical (unpaired) electrons. The maximum absolute atomic E-state index is 2.48. The highest BCUT2D eigenvalue weighted by molar-refractivity contribution is 7.77. The largest absolute Gasteiger partial charge is 0.0654 e. The molecule has 0 bridgehead atoms. The molecule has 0 spiro atoms. The molecule has 0 saturated carbocycles. The molecule has 0 heterocycles. The predicted molar refractivity (Wildman–Crippen MR) is 90.6 cm³/mol. The average Bonchev–Trinajstić information content (AvgIpc) is 2.26. The minimum absolute atomic E-state index is 0.768. The third kappa shape index (κ3) is 5.20. The fourth-order valence-corrected chi connectivity index (χ4v) is 9.63. The number of hydrogen-bond donors (Lipinski definition) is 0. The van der Waals surface area contributed by atoms with E-state index in [1.54, 1.807) is 0 Å². The third-order valence-corrected chi connectivity index (χ3v) is 11.6. The summed E-state index contributed by atoms with van der Waals surface area (Å²) in [5.74, 6) is 0. The second-order valence-corrected chi connectivity index (χ2v) is 12.3. The highest BCUT2D eigenvalue weighted by atomic mass is 31.2. The second-order valence-electron chi connectivity index (χ2n) is 6.77. The van der Waals surface area contributed by atoms with Crippen LogP contribution in [0.2, 0.25) is 0 Å². The first-order chi connectivity index (χ1) is 8.39. The van der Waals surface area contributed by atoms with Gasteiger partial charge in [-0.3, -0.25) is 0 Å². The fourth-order valence-electron chi connectivity index (χ4n) is 3.73. The van der Waals surface area contributed by atoms with Crippen LogP contribution in [0.4, 0.5) is 0 Å². The summed E-state index contributed by atoms with van der Waals surface area (Å²) in [4.78, 5) is 0. The van der Waals surface area contributed by atoms with E-state index in [1.165, 1.54) is 44.7 Å². The van der Waals surface area contributed by atoms with Crippen LogP contribution in [-0.2, 0) is 0 Å². The van der Waals surface area contributed by atoms with Gasteiger partial charge in [-0.2, -0.15) is 0 Å². The van der Waals surface area contributed by atoms with Gasteiger partial charge in [0.05, 0.1) is 23.1 Å². The minimum Gasteiger partial charge on any atom is -0.0654 e. The Hall–Kier alpha value is 0.430. The van der Waals surface area contributed by atoms with Gasteiger partial charge in [0.15, 0.2) is 0 Å². The first kappa shape index (κ1) is 18.4. The highest BCUT2D eigenvalue weighted by Crippen LogP contribution is 2.70. The zero-order valence-electron chi connectivity index (χ0n) is 14.1. The van der Waals surface area contributed by atoms with E-state index in [1.807, 2.05) is 0 Å². The van der Waals surface area contributed by atoms with Crippen molar-refractivity contribution < 1.29 is 0 Å². The summed E-state index contributed by atoms with van der Waals surface area (Å²) in [5, 5.41) is 0. The first-order valence-electron chi connectivity index (χ1n) is 8.26. The van der Waals surface area contributed by atoms with E-state index in [-0.39, 0.29) is 0 Å². The molecule has 1 heteroatoms. The van der Waals surface area contributed by atoms with Gasteiger partial charge in [0.2, 0.25) is 0 Å². The van der Waals surface area contributed by atoms with E-state index < -0.39 is 7.26 Å². The van der Waals surface area contributed by atoms with Crippen LogP contribution in [0.5, 0.6) is 0 Å². The van der Waals surface area contributed by atoms with Gasteiger partial charge in [0, 0.05) is 7.26 Å². The summed E-state index contributed by atoms with van der Waals surface area (Å²) in [7, 11) is -0.768. The quantitative estimate of drug-likeness (QED) is 0.311. The van der Waals surface area contributed by atoms with Gasteiger partial charge in [0.1, 0.15) is 0 Å². The molecule has 0 N–H and O–H groups in total. The number of unbranched alkanes of at least 4 members (excludes halogenated alkanes) is 5. The zero-order valence-corrected chi connectivity index (χ0v) is 15.0. The van der Waals surface area contributed by atoms with Crippen molar-refractivity contribution in [2.75, 3.05) is 6.16 Å². The number of hydrogen-bond acceptors (Lipinski definition) is 0. The molecular formula is C17H38P+. The van der Waals surface area contributed by atoms with E-state index in [0.29, 0.717) is 0 Å². The van der Waals surface area contributed by atoms with Crippen molar-refractivity contribution in [3.63, 3.8) is 0 Å². The Bertz CT molecular complexity index is 172. The van der Waals surface area contributed by atoms with Crippen LogP contribution in [0.15, 0.2) is 0 Å². The van der Waals surface area contributed by atoms with E-state index in [0.717, 1.165) is 17.0 Å². The Kier molecular flexibility index (Phi) is 9.58. The van der Waals surface area contributed by atoms with E-state index >= 15 is 0 Å². The van der Waals surface area contributed by atoms with Crippen molar-refractivity contribution >= 4 is 7.26 Å². The summed E-state index contributed by atoms with van der Waals surface area (Å²) in [6.07, 6.45) is 10.2. The molecule has 0 atom stereocenters. The highest BCUT2D eigenvalue weighted by Gasteiger charge is 2.46. The lowest BCUT2D eigenvalue weighted by molar-refractivity contribution is 0.623. The molecule has 0 rings (SSSR count). The first-order valence-corrected chi connectivity index (χ1v) is 10.4. The average molecular weight is 273 g/mol. The molecule has 0 fully saturated rings. The summed E-state index contributed by atoms with van der Waals surface area (Å²) >= 11 is 0. The van der Waals surface area contributed by atoms with Crippen LogP contribution in [0.3, 0.4) is 0 Å². The summed E-state index contributed by atoms with van der Waals surface area (Å²) in [6, 6.07) is 0. The Balaban J connectivity index is 4.26.